The van der Waals surface area contributed by atoms with Gasteiger partial charge >= 0.3 is 0 Å². The monoisotopic (exact) mass is 521 g/mol. The van der Waals surface area contributed by atoms with Crippen LogP contribution in [0.5, 0.6) is 5.75 Å². The van der Waals surface area contributed by atoms with Crippen molar-refractivity contribution in [1.82, 2.24) is 5.32 Å². The molecular weight excluding hydrogens is 470 g/mol. The molecule has 5 saturated carbocycles. The van der Waals surface area contributed by atoms with E-state index < -0.39 is 0 Å². The number of nitrogens with one attached hydrogen (secondary N) is 1. The van der Waals surface area contributed by atoms with E-state index in [0.717, 1.165) is 50.2 Å². The molecule has 4 heteroatoms. The van der Waals surface area contributed by atoms with E-state index in [4.69, 9.17) is 4.74 Å². The van der Waals surface area contributed by atoms with Gasteiger partial charge in [-0.15, -0.1) is 0 Å². The van der Waals surface area contributed by atoms with E-state index in [9.17, 15) is 9.90 Å². The molecule has 5 fully saturated rings. The van der Waals surface area contributed by atoms with Gasteiger partial charge in [0.05, 0.1) is 12.7 Å². The van der Waals surface area contributed by atoms with Crippen LogP contribution in [0.3, 0.4) is 0 Å². The first-order valence-electron chi connectivity index (χ1n) is 16.1. The molecule has 0 aliphatic heterocycles. The summed E-state index contributed by atoms with van der Waals surface area (Å²) < 4.78 is 6.42. The van der Waals surface area contributed by atoms with Gasteiger partial charge in [0.25, 0.3) is 0 Å². The molecule has 0 saturated heterocycles. The molecule has 210 valence electrons. The maximum Gasteiger partial charge on any atom is 0.133 e. The van der Waals surface area contributed by atoms with E-state index in [1.54, 1.807) is 0 Å². The van der Waals surface area contributed by atoms with Crippen LogP contribution in [-0.2, 0) is 4.79 Å². The maximum absolute atomic E-state index is 12.2. The Morgan fingerprint density at radius 1 is 1.03 bits per heavy atom. The van der Waals surface area contributed by atoms with Crippen LogP contribution in [0, 0.1) is 34.5 Å². The summed E-state index contributed by atoms with van der Waals surface area (Å²) >= 11 is 0. The minimum Gasteiger partial charge on any atom is -0.494 e. The Kier molecular flexibility index (Phi) is 7.68. The molecule has 0 bridgehead atoms. The molecule has 38 heavy (non-hydrogen) atoms. The number of Topliss-reactive ketones (excluding diaryl/α,β-unsaturated/α-hetero) is 1. The summed E-state index contributed by atoms with van der Waals surface area (Å²) in [4.78, 5) is 12.2. The summed E-state index contributed by atoms with van der Waals surface area (Å²) in [5, 5.41) is 15.2. The summed E-state index contributed by atoms with van der Waals surface area (Å²) in [6, 6.07) is 9.66. The first kappa shape index (κ1) is 26.8. The number of hydrogen-bond donors (Lipinski definition) is 2. The fourth-order valence-electron chi connectivity index (χ4n) is 10.3. The average molecular weight is 522 g/mol. The standard InChI is InChI=1S/C34H51NO3/c1-23(35-26-8-4-3-5-9-26)24-7-6-10-28(21-24)38-20-19-34-18-16-30-29(31(34)13-14-32(34)37)12-11-25-22-27(36)15-17-33(25,30)2/h6-7,10,21,23,25-26,29-32,35,37H,3-5,8-9,11-20,22H2,1-2H3/t23?,25?,29?,30?,31?,32-,33-,34+/m0/s1. The molecule has 0 amide bonds. The molecule has 4 nitrogen and oxygen atoms in total. The minimum absolute atomic E-state index is 0.0162. The quantitative estimate of drug-likeness (QED) is 0.393. The van der Waals surface area contributed by atoms with Crippen LogP contribution in [0.15, 0.2) is 24.3 Å². The van der Waals surface area contributed by atoms with Gasteiger partial charge in [-0.3, -0.25) is 4.79 Å². The minimum atomic E-state index is -0.193. The van der Waals surface area contributed by atoms with Crippen LogP contribution in [-0.4, -0.2) is 29.6 Å². The number of aliphatic hydroxyl groups is 1. The molecule has 5 unspecified atom stereocenters. The fourth-order valence-corrected chi connectivity index (χ4v) is 10.3. The Labute approximate surface area is 230 Å². The molecule has 1 aromatic carbocycles. The zero-order valence-corrected chi connectivity index (χ0v) is 23.9. The van der Waals surface area contributed by atoms with Crippen molar-refractivity contribution in [2.45, 2.75) is 128 Å². The molecule has 8 atom stereocenters. The summed E-state index contributed by atoms with van der Waals surface area (Å²) in [7, 11) is 0. The number of fused-ring (bicyclic) bond motifs is 5. The van der Waals surface area contributed by atoms with Crippen LogP contribution >= 0.6 is 0 Å². The van der Waals surface area contributed by atoms with Gasteiger partial charge in [-0.25, -0.2) is 0 Å². The molecular formula is C34H51NO3. The van der Waals surface area contributed by atoms with Gasteiger partial charge in [-0.05, 0) is 118 Å². The lowest BCUT2D eigenvalue weighted by molar-refractivity contribution is -0.145. The van der Waals surface area contributed by atoms with Crippen LogP contribution in [0.4, 0.5) is 0 Å². The molecule has 1 aromatic rings. The van der Waals surface area contributed by atoms with Crippen LogP contribution in [0.25, 0.3) is 0 Å². The smallest absolute Gasteiger partial charge is 0.133 e. The highest BCUT2D eigenvalue weighted by Gasteiger charge is 2.61. The van der Waals surface area contributed by atoms with Gasteiger partial charge in [-0.1, -0.05) is 38.3 Å². The van der Waals surface area contributed by atoms with Gasteiger partial charge in [0.1, 0.15) is 11.5 Å². The zero-order valence-electron chi connectivity index (χ0n) is 23.9. The third-order valence-corrected chi connectivity index (χ3v) is 12.4. The Morgan fingerprint density at radius 2 is 1.87 bits per heavy atom. The lowest BCUT2D eigenvalue weighted by Crippen LogP contribution is -2.55. The number of rotatable bonds is 7. The molecule has 5 aliphatic carbocycles. The Balaban J connectivity index is 1.10. The predicted octanol–water partition coefficient (Wildman–Crippen LogP) is 7.39. The van der Waals surface area contributed by atoms with Crippen molar-refractivity contribution in [2.75, 3.05) is 6.61 Å². The van der Waals surface area contributed by atoms with Crippen molar-refractivity contribution in [3.05, 3.63) is 29.8 Å². The second-order valence-corrected chi connectivity index (χ2v) is 14.2. The first-order valence-corrected chi connectivity index (χ1v) is 16.1. The molecule has 2 N–H and O–H groups in total. The van der Waals surface area contributed by atoms with Gasteiger partial charge in [-0.2, -0.15) is 0 Å². The number of ether oxygens (including phenoxy) is 1. The molecule has 0 spiro atoms. The summed E-state index contributed by atoms with van der Waals surface area (Å²) in [5.74, 6) is 4.11. The van der Waals surface area contributed by atoms with Crippen molar-refractivity contribution in [2.24, 2.45) is 34.5 Å². The van der Waals surface area contributed by atoms with Crippen molar-refractivity contribution < 1.29 is 14.6 Å². The summed E-state index contributed by atoms with van der Waals surface area (Å²) in [5.41, 5.74) is 1.65. The molecule has 5 aliphatic rings. The highest BCUT2D eigenvalue weighted by molar-refractivity contribution is 5.79. The van der Waals surface area contributed by atoms with E-state index >= 15 is 0 Å². The average Bonchev–Trinajstić information content (AvgIpc) is 3.26. The molecule has 0 aromatic heterocycles. The lowest BCUT2D eigenvalue weighted by atomic mass is 9.44. The highest BCUT2D eigenvalue weighted by Crippen LogP contribution is 2.66. The molecule has 0 heterocycles. The number of benzene rings is 1. The van der Waals surface area contributed by atoms with Crippen LogP contribution in [0.2, 0.25) is 0 Å². The number of ketones is 1. The lowest BCUT2D eigenvalue weighted by Gasteiger charge is -2.60. The maximum atomic E-state index is 12.2. The van der Waals surface area contributed by atoms with Gasteiger partial charge in [0, 0.05) is 30.3 Å². The number of carbonyl (C=O) groups is 1. The second-order valence-electron chi connectivity index (χ2n) is 14.2. The van der Waals surface area contributed by atoms with Crippen molar-refractivity contribution in [3.63, 3.8) is 0 Å². The van der Waals surface area contributed by atoms with Gasteiger partial charge in [0.2, 0.25) is 0 Å². The number of hydrogen-bond acceptors (Lipinski definition) is 4. The SMILES string of the molecule is CC(NC1CCCCC1)c1cccc(OCC[C@]23CCC4C(CCC5CC(=O)CC[C@@]54C)C2CC[C@@H]3O)c1. The van der Waals surface area contributed by atoms with E-state index in [1.807, 2.05) is 0 Å². The molecule has 6 rings (SSSR count). The van der Waals surface area contributed by atoms with E-state index in [2.05, 4.69) is 43.4 Å². The zero-order chi connectivity index (χ0) is 26.3. The second kappa shape index (κ2) is 10.9. The van der Waals surface area contributed by atoms with Crippen molar-refractivity contribution in [1.29, 1.82) is 0 Å². The van der Waals surface area contributed by atoms with Crippen LogP contribution < -0.4 is 10.1 Å². The molecule has 0 radical (unpaired) electrons. The topological polar surface area (TPSA) is 58.6 Å². The predicted molar refractivity (Wildman–Crippen MR) is 152 cm³/mol. The Bertz CT molecular complexity index is 988. The van der Waals surface area contributed by atoms with Gasteiger partial charge in [0.15, 0.2) is 0 Å². The van der Waals surface area contributed by atoms with Gasteiger partial charge < -0.3 is 15.2 Å². The fraction of sp³-hybridized carbons (Fsp3) is 0.794. The third-order valence-electron chi connectivity index (χ3n) is 12.4. The van der Waals surface area contributed by atoms with Crippen LogP contribution in [0.1, 0.15) is 122 Å². The highest BCUT2D eigenvalue weighted by atomic mass is 16.5. The normalized spacial score (nSPS) is 40.2. The van der Waals surface area contributed by atoms with Crippen molar-refractivity contribution >= 4 is 5.78 Å². The first-order chi connectivity index (χ1) is 18.4. The van der Waals surface area contributed by atoms with E-state index in [-0.39, 0.29) is 11.5 Å². The summed E-state index contributed by atoms with van der Waals surface area (Å²) in [6.07, 6.45) is 17.1. The summed E-state index contributed by atoms with van der Waals surface area (Å²) in [6.45, 7) is 5.48. The Morgan fingerprint density at radius 3 is 2.71 bits per heavy atom. The van der Waals surface area contributed by atoms with Crippen molar-refractivity contribution in [3.8, 4) is 5.75 Å². The third kappa shape index (κ3) is 4.87. The van der Waals surface area contributed by atoms with E-state index in [1.165, 1.54) is 63.4 Å². The largest absolute Gasteiger partial charge is 0.494 e. The number of carbonyl (C=O) groups excluding carboxylic acids is 1. The number of aliphatic hydroxyl groups excluding tert-OH is 1. The van der Waals surface area contributed by atoms with E-state index in [0.29, 0.717) is 47.6 Å². The Hall–Kier alpha value is -1.39.